The van der Waals surface area contributed by atoms with Crippen molar-refractivity contribution < 1.29 is 9.47 Å². The lowest BCUT2D eigenvalue weighted by atomic mass is 10.2. The minimum Gasteiger partial charge on any atom is -0.497 e. The maximum absolute atomic E-state index is 5.83. The Morgan fingerprint density at radius 2 is 1.89 bits per heavy atom. The highest BCUT2D eigenvalue weighted by atomic mass is 79.9. The molecule has 2 aromatic carbocycles. The maximum Gasteiger partial charge on any atom is 0.124 e. The van der Waals surface area contributed by atoms with Gasteiger partial charge < -0.3 is 15.2 Å². The van der Waals surface area contributed by atoms with Gasteiger partial charge in [-0.05, 0) is 24.3 Å². The number of hydrogen-bond donors (Lipinski definition) is 1. The van der Waals surface area contributed by atoms with Crippen LogP contribution in [0.3, 0.4) is 0 Å². The normalized spacial score (nSPS) is 10.3. The fraction of sp³-hybridized carbons (Fsp3) is 0.200. The lowest BCUT2D eigenvalue weighted by molar-refractivity contribution is 0.301. The van der Waals surface area contributed by atoms with Crippen LogP contribution >= 0.6 is 15.9 Å². The van der Waals surface area contributed by atoms with Gasteiger partial charge in [0.25, 0.3) is 0 Å². The van der Waals surface area contributed by atoms with E-state index in [1.165, 1.54) is 0 Å². The van der Waals surface area contributed by atoms with Crippen LogP contribution in [0.4, 0.5) is 0 Å². The molecule has 0 saturated heterocycles. The summed E-state index contributed by atoms with van der Waals surface area (Å²) in [6, 6.07) is 13.6. The summed E-state index contributed by atoms with van der Waals surface area (Å²) in [6.45, 7) is 0.920. The third kappa shape index (κ3) is 3.49. The summed E-state index contributed by atoms with van der Waals surface area (Å²) in [5.41, 5.74) is 7.76. The summed E-state index contributed by atoms with van der Waals surface area (Å²) >= 11 is 3.50. The van der Waals surface area contributed by atoms with Gasteiger partial charge >= 0.3 is 0 Å². The molecule has 2 N–H and O–H groups in total. The van der Waals surface area contributed by atoms with Crippen molar-refractivity contribution in [1.82, 2.24) is 0 Å². The Morgan fingerprint density at radius 1 is 1.11 bits per heavy atom. The standard InChI is InChI=1S/C15H16BrNO2/c1-18-13-6-7-15(12(8-13)9-17)19-10-11-4-2-3-5-14(11)16/h2-8H,9-10,17H2,1H3. The molecule has 0 unspecified atom stereocenters. The average molecular weight is 322 g/mol. The van der Waals surface area contributed by atoms with Gasteiger partial charge in [0.2, 0.25) is 0 Å². The van der Waals surface area contributed by atoms with E-state index in [4.69, 9.17) is 15.2 Å². The molecule has 0 amide bonds. The van der Waals surface area contributed by atoms with Crippen molar-refractivity contribution in [2.24, 2.45) is 5.73 Å². The second-order valence-electron chi connectivity index (χ2n) is 4.06. The fourth-order valence-corrected chi connectivity index (χ4v) is 2.15. The minimum atomic E-state index is 0.419. The van der Waals surface area contributed by atoms with Crippen molar-refractivity contribution in [2.75, 3.05) is 7.11 Å². The molecule has 0 fully saturated rings. The summed E-state index contributed by atoms with van der Waals surface area (Å²) < 4.78 is 12.0. The summed E-state index contributed by atoms with van der Waals surface area (Å²) in [7, 11) is 1.64. The molecule has 4 heteroatoms. The molecule has 19 heavy (non-hydrogen) atoms. The number of benzene rings is 2. The van der Waals surface area contributed by atoms with E-state index in [1.807, 2.05) is 42.5 Å². The Morgan fingerprint density at radius 3 is 2.58 bits per heavy atom. The lowest BCUT2D eigenvalue weighted by Crippen LogP contribution is -2.03. The first-order valence-corrected chi connectivity index (χ1v) is 6.77. The quantitative estimate of drug-likeness (QED) is 0.916. The zero-order valence-corrected chi connectivity index (χ0v) is 12.3. The van der Waals surface area contributed by atoms with E-state index in [0.29, 0.717) is 13.2 Å². The van der Waals surface area contributed by atoms with Crippen molar-refractivity contribution in [3.8, 4) is 11.5 Å². The molecule has 0 atom stereocenters. The van der Waals surface area contributed by atoms with Crippen molar-refractivity contribution >= 4 is 15.9 Å². The van der Waals surface area contributed by atoms with Crippen LogP contribution in [0, 0.1) is 0 Å². The van der Waals surface area contributed by atoms with Crippen LogP contribution in [0.2, 0.25) is 0 Å². The van der Waals surface area contributed by atoms with Gasteiger partial charge in [0.05, 0.1) is 7.11 Å². The number of halogens is 1. The topological polar surface area (TPSA) is 44.5 Å². The Labute approximate surface area is 121 Å². The zero-order valence-electron chi connectivity index (χ0n) is 10.7. The molecular formula is C15H16BrNO2. The molecule has 0 aliphatic rings. The van der Waals surface area contributed by atoms with Gasteiger partial charge in [0, 0.05) is 22.1 Å². The van der Waals surface area contributed by atoms with E-state index in [9.17, 15) is 0 Å². The Hall–Kier alpha value is -1.52. The number of rotatable bonds is 5. The van der Waals surface area contributed by atoms with Gasteiger partial charge in [-0.2, -0.15) is 0 Å². The molecule has 2 rings (SSSR count). The average Bonchev–Trinajstić information content (AvgIpc) is 2.46. The van der Waals surface area contributed by atoms with Crippen LogP contribution in [0.5, 0.6) is 11.5 Å². The van der Waals surface area contributed by atoms with E-state index in [-0.39, 0.29) is 0 Å². The van der Waals surface area contributed by atoms with Crippen molar-refractivity contribution in [3.63, 3.8) is 0 Å². The Kier molecular flexibility index (Phi) is 4.82. The molecule has 0 spiro atoms. The predicted octanol–water partition coefficient (Wildman–Crippen LogP) is 3.50. The van der Waals surface area contributed by atoms with Crippen molar-refractivity contribution in [1.29, 1.82) is 0 Å². The SMILES string of the molecule is COc1ccc(OCc2ccccc2Br)c(CN)c1. The molecule has 0 aromatic heterocycles. The molecule has 3 nitrogen and oxygen atoms in total. The highest BCUT2D eigenvalue weighted by Gasteiger charge is 2.06. The minimum absolute atomic E-state index is 0.419. The number of hydrogen-bond acceptors (Lipinski definition) is 3. The largest absolute Gasteiger partial charge is 0.497 e. The van der Waals surface area contributed by atoms with Crippen LogP contribution in [-0.4, -0.2) is 7.11 Å². The Bertz CT molecular complexity index is 558. The van der Waals surface area contributed by atoms with E-state index in [2.05, 4.69) is 15.9 Å². The summed E-state index contributed by atoms with van der Waals surface area (Å²) in [4.78, 5) is 0. The fourth-order valence-electron chi connectivity index (χ4n) is 1.75. The van der Waals surface area contributed by atoms with Crippen LogP contribution < -0.4 is 15.2 Å². The first kappa shape index (κ1) is 13.9. The van der Waals surface area contributed by atoms with Gasteiger partial charge in [-0.25, -0.2) is 0 Å². The van der Waals surface area contributed by atoms with E-state index >= 15 is 0 Å². The zero-order chi connectivity index (χ0) is 13.7. The monoisotopic (exact) mass is 321 g/mol. The van der Waals surface area contributed by atoms with Crippen LogP contribution in [0.25, 0.3) is 0 Å². The maximum atomic E-state index is 5.83. The molecular weight excluding hydrogens is 306 g/mol. The second-order valence-corrected chi connectivity index (χ2v) is 4.91. The summed E-state index contributed by atoms with van der Waals surface area (Å²) in [5.74, 6) is 1.58. The molecule has 0 aliphatic heterocycles. The first-order chi connectivity index (χ1) is 9.24. The van der Waals surface area contributed by atoms with Crippen LogP contribution in [-0.2, 0) is 13.2 Å². The first-order valence-electron chi connectivity index (χ1n) is 5.97. The molecule has 0 aliphatic carbocycles. The lowest BCUT2D eigenvalue weighted by Gasteiger charge is -2.12. The third-order valence-corrected chi connectivity index (χ3v) is 3.60. The van der Waals surface area contributed by atoms with E-state index in [0.717, 1.165) is 27.1 Å². The van der Waals surface area contributed by atoms with E-state index in [1.54, 1.807) is 7.11 Å². The molecule has 0 heterocycles. The number of ether oxygens (including phenoxy) is 2. The highest BCUT2D eigenvalue weighted by Crippen LogP contribution is 2.25. The van der Waals surface area contributed by atoms with Crippen molar-refractivity contribution in [3.05, 3.63) is 58.1 Å². The van der Waals surface area contributed by atoms with Gasteiger partial charge in [0.1, 0.15) is 18.1 Å². The smallest absolute Gasteiger partial charge is 0.124 e. The summed E-state index contributed by atoms with van der Waals surface area (Å²) in [5, 5.41) is 0. The van der Waals surface area contributed by atoms with Gasteiger partial charge in [-0.15, -0.1) is 0 Å². The van der Waals surface area contributed by atoms with E-state index < -0.39 is 0 Å². The van der Waals surface area contributed by atoms with Gasteiger partial charge in [0.15, 0.2) is 0 Å². The van der Waals surface area contributed by atoms with Crippen LogP contribution in [0.15, 0.2) is 46.9 Å². The number of nitrogens with two attached hydrogens (primary N) is 1. The van der Waals surface area contributed by atoms with Gasteiger partial charge in [-0.3, -0.25) is 0 Å². The second kappa shape index (κ2) is 6.59. The molecule has 0 saturated carbocycles. The molecule has 2 aromatic rings. The molecule has 0 bridgehead atoms. The molecule has 0 radical (unpaired) electrons. The van der Waals surface area contributed by atoms with Crippen LogP contribution in [0.1, 0.15) is 11.1 Å². The predicted molar refractivity (Wildman–Crippen MR) is 79.4 cm³/mol. The number of methoxy groups -OCH3 is 1. The summed E-state index contributed by atoms with van der Waals surface area (Å²) in [6.07, 6.45) is 0. The Balaban J connectivity index is 2.13. The van der Waals surface area contributed by atoms with Gasteiger partial charge in [-0.1, -0.05) is 34.1 Å². The molecule has 100 valence electrons. The highest BCUT2D eigenvalue weighted by molar-refractivity contribution is 9.10. The third-order valence-electron chi connectivity index (χ3n) is 2.83. The van der Waals surface area contributed by atoms with Crippen molar-refractivity contribution in [2.45, 2.75) is 13.2 Å².